The summed E-state index contributed by atoms with van der Waals surface area (Å²) in [6.45, 7) is 9.16. The lowest BCUT2D eigenvalue weighted by Gasteiger charge is -2.21. The fraction of sp³-hybridized carbons (Fsp3) is 0.647. The van der Waals surface area contributed by atoms with Crippen molar-refractivity contribution in [3.63, 3.8) is 0 Å². The second kappa shape index (κ2) is 7.58. The number of rotatable bonds is 7. The van der Waals surface area contributed by atoms with Crippen LogP contribution < -0.4 is 5.32 Å². The van der Waals surface area contributed by atoms with Crippen molar-refractivity contribution in [2.45, 2.75) is 53.0 Å². The zero-order valence-electron chi connectivity index (χ0n) is 12.7. The standard InChI is InChI=1S/C17H29N/c1-6-14(4)11-17(18-5)16-9-7-8-15(12-16)10-13(2)3/h7-9,12-14,17-18H,6,10-11H2,1-5H3. The average molecular weight is 247 g/mol. The highest BCUT2D eigenvalue weighted by Gasteiger charge is 2.13. The van der Waals surface area contributed by atoms with Gasteiger partial charge in [-0.05, 0) is 42.9 Å². The molecule has 0 aliphatic carbocycles. The quantitative estimate of drug-likeness (QED) is 0.743. The maximum absolute atomic E-state index is 3.46. The zero-order valence-corrected chi connectivity index (χ0v) is 12.7. The molecular weight excluding hydrogens is 218 g/mol. The minimum absolute atomic E-state index is 0.493. The van der Waals surface area contributed by atoms with Crippen LogP contribution in [0.4, 0.5) is 0 Å². The first-order valence-electron chi connectivity index (χ1n) is 7.32. The van der Waals surface area contributed by atoms with Crippen molar-refractivity contribution in [3.05, 3.63) is 35.4 Å². The van der Waals surface area contributed by atoms with E-state index in [0.29, 0.717) is 6.04 Å². The van der Waals surface area contributed by atoms with Gasteiger partial charge in [0.05, 0.1) is 0 Å². The Labute approximate surface area is 113 Å². The van der Waals surface area contributed by atoms with Crippen molar-refractivity contribution in [2.75, 3.05) is 7.05 Å². The Kier molecular flexibility index (Phi) is 6.42. The first-order valence-corrected chi connectivity index (χ1v) is 7.32. The Morgan fingerprint density at radius 3 is 2.44 bits per heavy atom. The third-order valence-corrected chi connectivity index (χ3v) is 3.68. The Hall–Kier alpha value is -0.820. The fourth-order valence-corrected chi connectivity index (χ4v) is 2.40. The predicted molar refractivity (Wildman–Crippen MR) is 80.9 cm³/mol. The highest BCUT2D eigenvalue weighted by Crippen LogP contribution is 2.24. The van der Waals surface area contributed by atoms with E-state index < -0.39 is 0 Å². The molecular formula is C17H29N. The van der Waals surface area contributed by atoms with Gasteiger partial charge in [-0.3, -0.25) is 0 Å². The van der Waals surface area contributed by atoms with Crippen molar-refractivity contribution >= 4 is 0 Å². The molecule has 1 heteroatoms. The van der Waals surface area contributed by atoms with Gasteiger partial charge in [-0.2, -0.15) is 0 Å². The lowest BCUT2D eigenvalue weighted by atomic mass is 9.92. The summed E-state index contributed by atoms with van der Waals surface area (Å²) in [5, 5.41) is 3.46. The second-order valence-corrected chi connectivity index (χ2v) is 5.93. The van der Waals surface area contributed by atoms with Crippen molar-refractivity contribution in [1.29, 1.82) is 0 Å². The van der Waals surface area contributed by atoms with Gasteiger partial charge < -0.3 is 5.32 Å². The Morgan fingerprint density at radius 1 is 1.17 bits per heavy atom. The van der Waals surface area contributed by atoms with Crippen LogP contribution in [0.25, 0.3) is 0 Å². The van der Waals surface area contributed by atoms with Gasteiger partial charge >= 0.3 is 0 Å². The van der Waals surface area contributed by atoms with Gasteiger partial charge in [0.2, 0.25) is 0 Å². The minimum Gasteiger partial charge on any atom is -0.313 e. The molecule has 2 atom stereocenters. The fourth-order valence-electron chi connectivity index (χ4n) is 2.40. The van der Waals surface area contributed by atoms with Crippen LogP contribution >= 0.6 is 0 Å². The number of hydrogen-bond acceptors (Lipinski definition) is 1. The van der Waals surface area contributed by atoms with Gasteiger partial charge in [-0.15, -0.1) is 0 Å². The summed E-state index contributed by atoms with van der Waals surface area (Å²) in [5.74, 6) is 1.50. The van der Waals surface area contributed by atoms with Crippen LogP contribution in [0.1, 0.15) is 57.7 Å². The molecule has 1 rings (SSSR count). The van der Waals surface area contributed by atoms with Crippen LogP contribution in [0.15, 0.2) is 24.3 Å². The molecule has 102 valence electrons. The van der Waals surface area contributed by atoms with Crippen molar-refractivity contribution in [3.8, 4) is 0 Å². The molecule has 0 fully saturated rings. The Balaban J connectivity index is 2.79. The molecule has 18 heavy (non-hydrogen) atoms. The number of hydrogen-bond donors (Lipinski definition) is 1. The number of benzene rings is 1. The van der Waals surface area contributed by atoms with Gasteiger partial charge in [-0.1, -0.05) is 58.4 Å². The molecule has 0 aromatic heterocycles. The van der Waals surface area contributed by atoms with Crippen LogP contribution in [-0.4, -0.2) is 7.05 Å². The Bertz CT molecular complexity index is 343. The molecule has 0 radical (unpaired) electrons. The van der Waals surface area contributed by atoms with Crippen molar-refractivity contribution < 1.29 is 0 Å². The molecule has 0 saturated carbocycles. The highest BCUT2D eigenvalue weighted by molar-refractivity contribution is 5.26. The molecule has 0 aliphatic heterocycles. The molecule has 1 nitrogen and oxygen atoms in total. The lowest BCUT2D eigenvalue weighted by Crippen LogP contribution is -2.19. The lowest BCUT2D eigenvalue weighted by molar-refractivity contribution is 0.421. The summed E-state index contributed by atoms with van der Waals surface area (Å²) >= 11 is 0. The van der Waals surface area contributed by atoms with E-state index in [1.165, 1.54) is 30.4 Å². The zero-order chi connectivity index (χ0) is 13.5. The van der Waals surface area contributed by atoms with Crippen LogP contribution in [-0.2, 0) is 6.42 Å². The van der Waals surface area contributed by atoms with Crippen LogP contribution in [0, 0.1) is 11.8 Å². The van der Waals surface area contributed by atoms with E-state index in [1.54, 1.807) is 0 Å². The van der Waals surface area contributed by atoms with E-state index in [0.717, 1.165) is 11.8 Å². The summed E-state index contributed by atoms with van der Waals surface area (Å²) in [6.07, 6.45) is 3.65. The SMILES string of the molecule is CCC(C)CC(NC)c1cccc(CC(C)C)c1. The topological polar surface area (TPSA) is 12.0 Å². The van der Waals surface area contributed by atoms with Gasteiger partial charge in [0.1, 0.15) is 0 Å². The van der Waals surface area contributed by atoms with Crippen LogP contribution in [0.2, 0.25) is 0 Å². The molecule has 0 bridgehead atoms. The summed E-state index contributed by atoms with van der Waals surface area (Å²) in [4.78, 5) is 0. The van der Waals surface area contributed by atoms with Gasteiger partial charge in [0.15, 0.2) is 0 Å². The van der Waals surface area contributed by atoms with Crippen LogP contribution in [0.5, 0.6) is 0 Å². The Morgan fingerprint density at radius 2 is 1.89 bits per heavy atom. The average Bonchev–Trinajstić information content (AvgIpc) is 2.35. The van der Waals surface area contributed by atoms with E-state index in [4.69, 9.17) is 0 Å². The summed E-state index contributed by atoms with van der Waals surface area (Å²) in [6, 6.07) is 9.58. The molecule has 1 aromatic rings. The normalized spacial score (nSPS) is 14.8. The largest absolute Gasteiger partial charge is 0.313 e. The molecule has 1 aromatic carbocycles. The molecule has 0 heterocycles. The smallest absolute Gasteiger partial charge is 0.0320 e. The maximum atomic E-state index is 3.46. The third-order valence-electron chi connectivity index (χ3n) is 3.68. The van der Waals surface area contributed by atoms with Gasteiger partial charge in [-0.25, -0.2) is 0 Å². The number of nitrogens with one attached hydrogen (secondary N) is 1. The summed E-state index contributed by atoms with van der Waals surface area (Å²) < 4.78 is 0. The highest BCUT2D eigenvalue weighted by atomic mass is 14.9. The minimum atomic E-state index is 0.493. The third kappa shape index (κ3) is 4.81. The summed E-state index contributed by atoms with van der Waals surface area (Å²) in [7, 11) is 2.07. The van der Waals surface area contributed by atoms with Crippen molar-refractivity contribution in [2.24, 2.45) is 11.8 Å². The molecule has 0 amide bonds. The summed E-state index contributed by atoms with van der Waals surface area (Å²) in [5.41, 5.74) is 2.91. The van der Waals surface area contributed by atoms with Crippen molar-refractivity contribution in [1.82, 2.24) is 5.32 Å². The van der Waals surface area contributed by atoms with E-state index in [-0.39, 0.29) is 0 Å². The first-order chi connectivity index (χ1) is 8.56. The predicted octanol–water partition coefficient (Wildman–Crippen LogP) is 4.58. The van der Waals surface area contributed by atoms with Gasteiger partial charge in [0.25, 0.3) is 0 Å². The first kappa shape index (κ1) is 15.2. The van der Waals surface area contributed by atoms with E-state index in [2.05, 4.69) is 64.3 Å². The molecule has 0 spiro atoms. The van der Waals surface area contributed by atoms with Gasteiger partial charge in [0, 0.05) is 6.04 Å². The monoisotopic (exact) mass is 247 g/mol. The van der Waals surface area contributed by atoms with Crippen LogP contribution in [0.3, 0.4) is 0 Å². The molecule has 0 saturated heterocycles. The molecule has 0 aliphatic rings. The molecule has 1 N–H and O–H groups in total. The van der Waals surface area contributed by atoms with E-state index >= 15 is 0 Å². The van der Waals surface area contributed by atoms with E-state index in [9.17, 15) is 0 Å². The maximum Gasteiger partial charge on any atom is 0.0320 e. The van der Waals surface area contributed by atoms with E-state index in [1.807, 2.05) is 0 Å². The molecule has 2 unspecified atom stereocenters. The second-order valence-electron chi connectivity index (χ2n) is 5.93.